The first kappa shape index (κ1) is 14.8. The molecule has 1 aromatic rings. The molecule has 0 radical (unpaired) electrons. The summed E-state index contributed by atoms with van der Waals surface area (Å²) in [6.07, 6.45) is -2.50. The highest BCUT2D eigenvalue weighted by atomic mass is 32.1. The smallest absolute Gasteiger partial charge is 0.307 e. The molecule has 1 N–H and O–H groups in total. The van der Waals surface area contributed by atoms with Gasteiger partial charge in [-0.05, 0) is 33.6 Å². The summed E-state index contributed by atoms with van der Waals surface area (Å²) >= 11 is 1.20. The van der Waals surface area contributed by atoms with Gasteiger partial charge in [0.05, 0.1) is 9.88 Å². The van der Waals surface area contributed by atoms with Crippen LogP contribution >= 0.6 is 11.3 Å². The Morgan fingerprint density at radius 2 is 1.84 bits per heavy atom. The van der Waals surface area contributed by atoms with E-state index < -0.39 is 11.9 Å². The first-order valence-electron chi connectivity index (χ1n) is 6.34. The molecule has 0 amide bonds. The molecular formula is C13H19F3N2S. The maximum atomic E-state index is 13.0. The number of nitrogens with one attached hydrogen (secondary N) is 1. The zero-order valence-electron chi connectivity index (χ0n) is 11.6. The number of hydrogen-bond donors (Lipinski definition) is 1. The predicted octanol–water partition coefficient (Wildman–Crippen LogP) is 4.10. The quantitative estimate of drug-likeness (QED) is 0.907. The largest absolute Gasteiger partial charge is 0.434 e. The summed E-state index contributed by atoms with van der Waals surface area (Å²) in [7, 11) is 0. The van der Waals surface area contributed by atoms with Crippen molar-refractivity contribution in [3.63, 3.8) is 0 Å². The summed E-state index contributed by atoms with van der Waals surface area (Å²) in [6, 6.07) is 0. The van der Waals surface area contributed by atoms with Crippen LogP contribution in [-0.4, -0.2) is 10.5 Å². The van der Waals surface area contributed by atoms with Gasteiger partial charge in [-0.1, -0.05) is 6.92 Å². The van der Waals surface area contributed by atoms with Gasteiger partial charge in [-0.3, -0.25) is 0 Å². The Morgan fingerprint density at radius 1 is 1.26 bits per heavy atom. The zero-order valence-corrected chi connectivity index (χ0v) is 12.4. The van der Waals surface area contributed by atoms with E-state index in [1.807, 2.05) is 27.7 Å². The maximum Gasteiger partial charge on any atom is 0.434 e. The van der Waals surface area contributed by atoms with Crippen molar-refractivity contribution < 1.29 is 13.2 Å². The Bertz CT molecular complexity index is 467. The zero-order chi connectivity index (χ0) is 14.5. The fourth-order valence-electron chi connectivity index (χ4n) is 1.70. The lowest BCUT2D eigenvalue weighted by molar-refractivity contribution is -0.141. The van der Waals surface area contributed by atoms with Crippen LogP contribution < -0.4 is 5.32 Å². The second-order valence-corrected chi connectivity index (χ2v) is 7.54. The molecule has 0 saturated heterocycles. The van der Waals surface area contributed by atoms with E-state index >= 15 is 0 Å². The van der Waals surface area contributed by atoms with Crippen LogP contribution in [0.15, 0.2) is 0 Å². The van der Waals surface area contributed by atoms with E-state index in [-0.39, 0.29) is 17.5 Å². The van der Waals surface area contributed by atoms with Gasteiger partial charge < -0.3 is 5.32 Å². The topological polar surface area (TPSA) is 24.9 Å². The molecule has 2 nitrogen and oxygen atoms in total. The highest BCUT2D eigenvalue weighted by molar-refractivity contribution is 7.12. The van der Waals surface area contributed by atoms with E-state index in [1.165, 1.54) is 11.3 Å². The van der Waals surface area contributed by atoms with Crippen LogP contribution in [0.3, 0.4) is 0 Å². The van der Waals surface area contributed by atoms with Crippen molar-refractivity contribution in [1.82, 2.24) is 10.3 Å². The second-order valence-electron chi connectivity index (χ2n) is 6.45. The third kappa shape index (κ3) is 3.48. The summed E-state index contributed by atoms with van der Waals surface area (Å²) in [6.45, 7) is 8.00. The van der Waals surface area contributed by atoms with E-state index in [0.717, 1.165) is 12.8 Å². The number of alkyl halides is 3. The lowest BCUT2D eigenvalue weighted by Crippen LogP contribution is -2.35. The minimum atomic E-state index is -4.37. The molecule has 0 unspecified atom stereocenters. The van der Waals surface area contributed by atoms with Gasteiger partial charge in [0.1, 0.15) is 0 Å². The average Bonchev–Trinajstić information content (AvgIpc) is 2.81. The van der Waals surface area contributed by atoms with Gasteiger partial charge >= 0.3 is 6.18 Å². The standard InChI is InChI=1S/C13H19F3N2S/c1-11(2,3)17-7-8-9(13(14,15)16)18-10(19-8)12(4)5-6-12/h17H,5-7H2,1-4H3. The predicted molar refractivity (Wildman–Crippen MR) is 70.3 cm³/mol. The van der Waals surface area contributed by atoms with Crippen LogP contribution in [0, 0.1) is 0 Å². The van der Waals surface area contributed by atoms with Crippen LogP contribution in [0.2, 0.25) is 0 Å². The van der Waals surface area contributed by atoms with E-state index in [2.05, 4.69) is 10.3 Å². The van der Waals surface area contributed by atoms with Crippen molar-refractivity contribution in [2.45, 2.75) is 64.2 Å². The third-order valence-corrected chi connectivity index (χ3v) is 4.62. The molecule has 0 atom stereocenters. The van der Waals surface area contributed by atoms with Gasteiger partial charge in [0.25, 0.3) is 0 Å². The molecule has 0 bridgehead atoms. The van der Waals surface area contributed by atoms with E-state index in [4.69, 9.17) is 0 Å². The molecule has 19 heavy (non-hydrogen) atoms. The molecular weight excluding hydrogens is 273 g/mol. The molecule has 1 aromatic heterocycles. The monoisotopic (exact) mass is 292 g/mol. The van der Waals surface area contributed by atoms with E-state index in [9.17, 15) is 13.2 Å². The summed E-state index contributed by atoms with van der Waals surface area (Å²) < 4.78 is 39.0. The molecule has 6 heteroatoms. The highest BCUT2D eigenvalue weighted by Gasteiger charge is 2.45. The minimum Gasteiger partial charge on any atom is -0.307 e. The molecule has 0 spiro atoms. The number of thiazole rings is 1. The Morgan fingerprint density at radius 3 is 2.26 bits per heavy atom. The van der Waals surface area contributed by atoms with Crippen molar-refractivity contribution in [2.75, 3.05) is 0 Å². The number of nitrogens with zero attached hydrogens (tertiary/aromatic N) is 1. The SMILES string of the molecule is CC(C)(C)NCc1sc(C2(C)CC2)nc1C(F)(F)F. The van der Waals surface area contributed by atoms with Crippen molar-refractivity contribution in [3.8, 4) is 0 Å². The number of halogens is 3. The third-order valence-electron chi connectivity index (χ3n) is 3.26. The Balaban J connectivity index is 2.27. The van der Waals surface area contributed by atoms with Crippen molar-refractivity contribution in [2.24, 2.45) is 0 Å². The van der Waals surface area contributed by atoms with Crippen LogP contribution in [0.25, 0.3) is 0 Å². The summed E-state index contributed by atoms with van der Waals surface area (Å²) in [5, 5.41) is 3.74. The first-order chi connectivity index (χ1) is 8.51. The summed E-state index contributed by atoms with van der Waals surface area (Å²) in [5.74, 6) is 0. The lowest BCUT2D eigenvalue weighted by atomic mass is 10.1. The normalized spacial score (nSPS) is 18.7. The van der Waals surface area contributed by atoms with Crippen LogP contribution in [0.4, 0.5) is 13.2 Å². The molecule has 1 aliphatic carbocycles. The van der Waals surface area contributed by atoms with E-state index in [1.54, 1.807) is 0 Å². The molecule has 0 aliphatic heterocycles. The maximum absolute atomic E-state index is 13.0. The molecule has 1 fully saturated rings. The molecule has 0 aromatic carbocycles. The van der Waals surface area contributed by atoms with Crippen molar-refractivity contribution in [1.29, 1.82) is 0 Å². The first-order valence-corrected chi connectivity index (χ1v) is 7.15. The molecule has 2 rings (SSSR count). The van der Waals surface area contributed by atoms with Gasteiger partial charge in [0.15, 0.2) is 5.69 Å². The molecule has 1 saturated carbocycles. The average molecular weight is 292 g/mol. The van der Waals surface area contributed by atoms with Crippen molar-refractivity contribution >= 4 is 11.3 Å². The van der Waals surface area contributed by atoms with Gasteiger partial charge in [-0.15, -0.1) is 11.3 Å². The molecule has 108 valence electrons. The second kappa shape index (κ2) is 4.45. The fourth-order valence-corrected chi connectivity index (χ4v) is 2.92. The van der Waals surface area contributed by atoms with Crippen LogP contribution in [0.1, 0.15) is 56.1 Å². The number of hydrogen-bond acceptors (Lipinski definition) is 3. The van der Waals surface area contributed by atoms with Gasteiger partial charge in [-0.2, -0.15) is 13.2 Å². The molecule has 1 heterocycles. The summed E-state index contributed by atoms with van der Waals surface area (Å²) in [4.78, 5) is 4.17. The van der Waals surface area contributed by atoms with Gasteiger partial charge in [-0.25, -0.2) is 4.98 Å². The minimum absolute atomic E-state index is 0.120. The number of aromatic nitrogens is 1. The van der Waals surface area contributed by atoms with E-state index in [0.29, 0.717) is 9.88 Å². The molecule has 1 aliphatic rings. The lowest BCUT2D eigenvalue weighted by Gasteiger charge is -2.20. The van der Waals surface area contributed by atoms with Gasteiger partial charge in [0.2, 0.25) is 0 Å². The fraction of sp³-hybridized carbons (Fsp3) is 0.769. The van der Waals surface area contributed by atoms with Crippen LogP contribution in [-0.2, 0) is 18.1 Å². The Hall–Kier alpha value is -0.620. The van der Waals surface area contributed by atoms with Gasteiger partial charge in [0, 0.05) is 17.5 Å². The Kier molecular flexibility index (Phi) is 3.46. The highest BCUT2D eigenvalue weighted by Crippen LogP contribution is 2.50. The summed E-state index contributed by atoms with van der Waals surface area (Å²) in [5.41, 5.74) is -1.04. The van der Waals surface area contributed by atoms with Crippen molar-refractivity contribution in [3.05, 3.63) is 15.6 Å². The number of rotatable bonds is 3. The van der Waals surface area contributed by atoms with Crippen LogP contribution in [0.5, 0.6) is 0 Å². The Labute approximate surface area is 115 Å².